The van der Waals surface area contributed by atoms with E-state index in [9.17, 15) is 4.79 Å². The van der Waals surface area contributed by atoms with Gasteiger partial charge in [0.2, 0.25) is 5.91 Å². The van der Waals surface area contributed by atoms with Gasteiger partial charge in [-0.25, -0.2) is 0 Å². The number of hydrogen-bond donors (Lipinski definition) is 2. The van der Waals surface area contributed by atoms with E-state index in [4.69, 9.17) is 10.5 Å². The first-order valence-electron chi connectivity index (χ1n) is 6.90. The molecule has 0 spiro atoms. The van der Waals surface area contributed by atoms with Crippen LogP contribution in [0.2, 0.25) is 0 Å². The average molecular weight is 279 g/mol. The number of benzene rings is 1. The molecule has 0 fully saturated rings. The Morgan fingerprint density at radius 2 is 2.05 bits per heavy atom. The molecule has 3 N–H and O–H groups in total. The number of ether oxygens (including phenoxy) is 1. The molecule has 0 aliphatic carbocycles. The van der Waals surface area contributed by atoms with Crippen LogP contribution in [-0.2, 0) is 4.79 Å². The van der Waals surface area contributed by atoms with Crippen molar-refractivity contribution in [3.8, 4) is 5.75 Å². The first-order chi connectivity index (χ1) is 9.40. The molecule has 112 valence electrons. The summed E-state index contributed by atoms with van der Waals surface area (Å²) in [7, 11) is 1.56. The number of nitrogens with one attached hydrogen (secondary N) is 1. The van der Waals surface area contributed by atoms with Gasteiger partial charge in [0.15, 0.2) is 0 Å². The monoisotopic (exact) mass is 279 g/mol. The zero-order valence-electron chi connectivity index (χ0n) is 12.9. The summed E-state index contributed by atoms with van der Waals surface area (Å²) in [5.74, 6) is 0.516. The number of methoxy groups -OCH3 is 1. The standard InChI is InChI=1S/C15H25N3O2/c1-6-18(10(2)3)11(4)15(19)17-13-8-7-12(16)9-14(13)20-5/h7-11H,6,16H2,1-5H3,(H,17,19). The van der Waals surface area contributed by atoms with E-state index < -0.39 is 0 Å². The van der Waals surface area contributed by atoms with Gasteiger partial charge in [-0.1, -0.05) is 6.92 Å². The highest BCUT2D eigenvalue weighted by Gasteiger charge is 2.22. The number of rotatable bonds is 6. The van der Waals surface area contributed by atoms with Gasteiger partial charge in [0.05, 0.1) is 18.8 Å². The highest BCUT2D eigenvalue weighted by molar-refractivity contribution is 5.96. The Morgan fingerprint density at radius 1 is 1.40 bits per heavy atom. The van der Waals surface area contributed by atoms with Crippen molar-refractivity contribution >= 4 is 17.3 Å². The minimum absolute atomic E-state index is 0.0522. The normalized spacial score (nSPS) is 12.6. The molecule has 0 bridgehead atoms. The minimum atomic E-state index is -0.206. The Labute approximate surface area is 121 Å². The summed E-state index contributed by atoms with van der Waals surface area (Å²) in [6.45, 7) is 8.94. The van der Waals surface area contributed by atoms with E-state index in [1.165, 1.54) is 0 Å². The number of anilines is 2. The Balaban J connectivity index is 2.85. The quantitative estimate of drug-likeness (QED) is 0.784. The molecule has 1 atom stereocenters. The molecule has 20 heavy (non-hydrogen) atoms. The topological polar surface area (TPSA) is 67.6 Å². The molecule has 1 aromatic rings. The van der Waals surface area contributed by atoms with Gasteiger partial charge in [-0.3, -0.25) is 9.69 Å². The Bertz CT molecular complexity index is 460. The predicted molar refractivity (Wildman–Crippen MR) is 83.0 cm³/mol. The maximum absolute atomic E-state index is 12.3. The second-order valence-electron chi connectivity index (χ2n) is 5.05. The lowest BCUT2D eigenvalue weighted by Gasteiger charge is -2.30. The lowest BCUT2D eigenvalue weighted by Crippen LogP contribution is -2.45. The molecule has 1 unspecified atom stereocenters. The van der Waals surface area contributed by atoms with E-state index in [-0.39, 0.29) is 11.9 Å². The van der Waals surface area contributed by atoms with Crippen molar-refractivity contribution in [3.63, 3.8) is 0 Å². The first kappa shape index (κ1) is 16.3. The van der Waals surface area contributed by atoms with Crippen LogP contribution in [0, 0.1) is 0 Å². The van der Waals surface area contributed by atoms with Gasteiger partial charge in [-0.05, 0) is 39.4 Å². The highest BCUT2D eigenvalue weighted by Crippen LogP contribution is 2.26. The molecule has 0 aromatic heterocycles. The molecule has 0 aliphatic rings. The molecule has 0 saturated heterocycles. The van der Waals surface area contributed by atoms with Crippen LogP contribution >= 0.6 is 0 Å². The zero-order chi connectivity index (χ0) is 15.3. The van der Waals surface area contributed by atoms with Crippen LogP contribution in [0.25, 0.3) is 0 Å². The molecule has 0 saturated carbocycles. The van der Waals surface area contributed by atoms with Crippen molar-refractivity contribution in [2.24, 2.45) is 0 Å². The average Bonchev–Trinajstić information content (AvgIpc) is 2.40. The van der Waals surface area contributed by atoms with E-state index in [0.717, 1.165) is 6.54 Å². The maximum atomic E-state index is 12.3. The molecule has 0 aliphatic heterocycles. The first-order valence-corrected chi connectivity index (χ1v) is 6.90. The smallest absolute Gasteiger partial charge is 0.241 e. The maximum Gasteiger partial charge on any atom is 0.241 e. The van der Waals surface area contributed by atoms with Gasteiger partial charge in [0.1, 0.15) is 5.75 Å². The van der Waals surface area contributed by atoms with Crippen molar-refractivity contribution in [1.29, 1.82) is 0 Å². The van der Waals surface area contributed by atoms with Crippen LogP contribution in [-0.4, -0.2) is 36.5 Å². The van der Waals surface area contributed by atoms with E-state index in [0.29, 0.717) is 23.2 Å². The fourth-order valence-corrected chi connectivity index (χ4v) is 2.29. The number of carbonyl (C=O) groups excluding carboxylic acids is 1. The third kappa shape index (κ3) is 3.87. The number of nitrogens with two attached hydrogens (primary N) is 1. The summed E-state index contributed by atoms with van der Waals surface area (Å²) in [6, 6.07) is 5.30. The number of carbonyl (C=O) groups is 1. The van der Waals surface area contributed by atoms with Crippen LogP contribution in [0.1, 0.15) is 27.7 Å². The molecule has 0 heterocycles. The SMILES string of the molecule is CCN(C(C)C)C(C)C(=O)Nc1ccc(N)cc1OC. The number of nitrogen functional groups attached to an aromatic ring is 1. The number of amides is 1. The summed E-state index contributed by atoms with van der Waals surface area (Å²) in [6.07, 6.45) is 0. The fourth-order valence-electron chi connectivity index (χ4n) is 2.29. The third-order valence-electron chi connectivity index (χ3n) is 3.39. The van der Waals surface area contributed by atoms with Crippen molar-refractivity contribution < 1.29 is 9.53 Å². The van der Waals surface area contributed by atoms with Gasteiger partial charge in [0.25, 0.3) is 0 Å². The molecular formula is C15H25N3O2. The van der Waals surface area contributed by atoms with Gasteiger partial charge >= 0.3 is 0 Å². The number of likely N-dealkylation sites (N-methyl/N-ethyl adjacent to an activating group) is 1. The molecular weight excluding hydrogens is 254 g/mol. The Morgan fingerprint density at radius 3 is 2.55 bits per heavy atom. The van der Waals surface area contributed by atoms with Gasteiger partial charge in [-0.2, -0.15) is 0 Å². The van der Waals surface area contributed by atoms with E-state index in [1.807, 2.05) is 13.8 Å². The largest absolute Gasteiger partial charge is 0.494 e. The van der Waals surface area contributed by atoms with Gasteiger partial charge < -0.3 is 15.8 Å². The van der Waals surface area contributed by atoms with Gasteiger partial charge in [-0.15, -0.1) is 0 Å². The number of nitrogens with zero attached hydrogens (tertiary/aromatic N) is 1. The van der Waals surface area contributed by atoms with Crippen LogP contribution in [0.15, 0.2) is 18.2 Å². The van der Waals surface area contributed by atoms with Crippen molar-refractivity contribution in [2.45, 2.75) is 39.8 Å². The molecule has 1 amide bonds. The Kier molecular flexibility index (Phi) is 5.82. The van der Waals surface area contributed by atoms with Crippen LogP contribution in [0.3, 0.4) is 0 Å². The number of hydrogen-bond acceptors (Lipinski definition) is 4. The lowest BCUT2D eigenvalue weighted by molar-refractivity contribution is -0.121. The summed E-state index contributed by atoms with van der Waals surface area (Å²) in [5.41, 5.74) is 6.94. The van der Waals surface area contributed by atoms with Crippen molar-refractivity contribution in [1.82, 2.24) is 4.90 Å². The van der Waals surface area contributed by atoms with E-state index in [2.05, 4.69) is 24.1 Å². The minimum Gasteiger partial charge on any atom is -0.494 e. The summed E-state index contributed by atoms with van der Waals surface area (Å²) in [5, 5.41) is 2.90. The highest BCUT2D eigenvalue weighted by atomic mass is 16.5. The van der Waals surface area contributed by atoms with Crippen LogP contribution in [0.4, 0.5) is 11.4 Å². The second kappa shape index (κ2) is 7.14. The molecule has 1 aromatic carbocycles. The van der Waals surface area contributed by atoms with Crippen molar-refractivity contribution in [3.05, 3.63) is 18.2 Å². The molecule has 5 nitrogen and oxygen atoms in total. The molecule has 0 radical (unpaired) electrons. The Hall–Kier alpha value is -1.75. The van der Waals surface area contributed by atoms with E-state index >= 15 is 0 Å². The summed E-state index contributed by atoms with van der Waals surface area (Å²) < 4.78 is 5.23. The van der Waals surface area contributed by atoms with E-state index in [1.54, 1.807) is 25.3 Å². The van der Waals surface area contributed by atoms with Crippen LogP contribution < -0.4 is 15.8 Å². The summed E-state index contributed by atoms with van der Waals surface area (Å²) in [4.78, 5) is 14.5. The lowest BCUT2D eigenvalue weighted by atomic mass is 10.2. The predicted octanol–water partition coefficient (Wildman–Crippen LogP) is 2.33. The summed E-state index contributed by atoms with van der Waals surface area (Å²) >= 11 is 0. The van der Waals surface area contributed by atoms with Gasteiger partial charge in [0, 0.05) is 17.8 Å². The fraction of sp³-hybridized carbons (Fsp3) is 0.533. The zero-order valence-corrected chi connectivity index (χ0v) is 12.9. The van der Waals surface area contributed by atoms with Crippen LogP contribution in [0.5, 0.6) is 5.75 Å². The molecule has 5 heteroatoms. The van der Waals surface area contributed by atoms with Crippen molar-refractivity contribution in [2.75, 3.05) is 24.7 Å². The second-order valence-corrected chi connectivity index (χ2v) is 5.05. The third-order valence-corrected chi connectivity index (χ3v) is 3.39. The molecule has 1 rings (SSSR count).